The van der Waals surface area contributed by atoms with Gasteiger partial charge < -0.3 is 11.1 Å². The van der Waals surface area contributed by atoms with Gasteiger partial charge >= 0.3 is 0 Å². The van der Waals surface area contributed by atoms with Crippen molar-refractivity contribution in [1.82, 2.24) is 5.32 Å². The first-order chi connectivity index (χ1) is 7.30. The lowest BCUT2D eigenvalue weighted by molar-refractivity contribution is -0.129. The molecule has 0 aliphatic rings. The van der Waals surface area contributed by atoms with Crippen molar-refractivity contribution in [3.63, 3.8) is 0 Å². The van der Waals surface area contributed by atoms with E-state index in [1.165, 1.54) is 0 Å². The number of nitrogens with one attached hydrogen (secondary N) is 1. The monoisotopic (exact) mass is 220 g/mol. The van der Waals surface area contributed by atoms with Crippen LogP contribution in [0.2, 0.25) is 0 Å². The minimum absolute atomic E-state index is 0.00678. The van der Waals surface area contributed by atoms with Crippen molar-refractivity contribution >= 4 is 11.6 Å². The summed E-state index contributed by atoms with van der Waals surface area (Å²) < 4.78 is 0. The number of carbonyl (C=O) groups excluding carboxylic acids is 1. The molecule has 88 valence electrons. The minimum atomic E-state index is -0.359. The van der Waals surface area contributed by atoms with Gasteiger partial charge in [-0.1, -0.05) is 32.9 Å². The Morgan fingerprint density at radius 3 is 2.19 bits per heavy atom. The van der Waals surface area contributed by atoms with Crippen LogP contribution in [0.25, 0.3) is 0 Å². The van der Waals surface area contributed by atoms with Crippen molar-refractivity contribution in [2.45, 2.75) is 33.7 Å². The summed E-state index contributed by atoms with van der Waals surface area (Å²) in [4.78, 5) is 11.8. The molecule has 1 aromatic carbocycles. The zero-order valence-electron chi connectivity index (χ0n) is 10.4. The Balaban J connectivity index is 2.69. The van der Waals surface area contributed by atoms with E-state index < -0.39 is 0 Å². The summed E-state index contributed by atoms with van der Waals surface area (Å²) in [6.07, 6.45) is 0. The Labute approximate surface area is 97.0 Å². The average molecular weight is 220 g/mol. The Morgan fingerprint density at radius 1 is 1.25 bits per heavy atom. The van der Waals surface area contributed by atoms with Crippen LogP contribution in [0.15, 0.2) is 24.3 Å². The van der Waals surface area contributed by atoms with Gasteiger partial charge in [-0.2, -0.15) is 0 Å². The molecule has 0 aliphatic carbocycles. The van der Waals surface area contributed by atoms with Crippen LogP contribution >= 0.6 is 0 Å². The summed E-state index contributed by atoms with van der Waals surface area (Å²) in [5, 5.41) is 2.98. The van der Waals surface area contributed by atoms with Crippen LogP contribution in [-0.4, -0.2) is 5.91 Å². The van der Waals surface area contributed by atoms with Gasteiger partial charge in [0, 0.05) is 11.1 Å². The van der Waals surface area contributed by atoms with Gasteiger partial charge in [0.2, 0.25) is 5.91 Å². The second kappa shape index (κ2) is 4.56. The molecule has 0 aromatic heterocycles. The fraction of sp³-hybridized carbons (Fsp3) is 0.462. The Morgan fingerprint density at radius 2 is 1.75 bits per heavy atom. The summed E-state index contributed by atoms with van der Waals surface area (Å²) in [6, 6.07) is 7.56. The molecule has 0 saturated heterocycles. The molecule has 1 aromatic rings. The van der Waals surface area contributed by atoms with Gasteiger partial charge in [-0.05, 0) is 24.6 Å². The smallest absolute Gasteiger partial charge is 0.225 e. The average Bonchev–Trinajstić information content (AvgIpc) is 2.17. The minimum Gasteiger partial charge on any atom is -0.399 e. The van der Waals surface area contributed by atoms with Gasteiger partial charge in [-0.25, -0.2) is 0 Å². The second-order valence-corrected chi connectivity index (χ2v) is 5.11. The third kappa shape index (κ3) is 3.26. The molecule has 3 N–H and O–H groups in total. The second-order valence-electron chi connectivity index (χ2n) is 5.11. The molecule has 0 aliphatic heterocycles. The van der Waals surface area contributed by atoms with Crippen molar-refractivity contribution in [2.24, 2.45) is 5.41 Å². The van der Waals surface area contributed by atoms with Crippen molar-refractivity contribution in [3.8, 4) is 0 Å². The fourth-order valence-electron chi connectivity index (χ4n) is 1.28. The number of benzene rings is 1. The van der Waals surface area contributed by atoms with Crippen molar-refractivity contribution in [1.29, 1.82) is 0 Å². The molecule has 3 nitrogen and oxygen atoms in total. The maximum atomic E-state index is 11.8. The Kier molecular flexibility index (Phi) is 3.58. The maximum Gasteiger partial charge on any atom is 0.225 e. The standard InChI is InChI=1S/C13H20N2O/c1-9(15-12(16)13(2,3)4)10-5-7-11(14)8-6-10/h5-9H,14H2,1-4H3,(H,15,16). The van der Waals surface area contributed by atoms with E-state index in [0.717, 1.165) is 11.3 Å². The quantitative estimate of drug-likeness (QED) is 0.752. The van der Waals surface area contributed by atoms with Gasteiger partial charge in [0.05, 0.1) is 6.04 Å². The van der Waals surface area contributed by atoms with E-state index in [0.29, 0.717) is 0 Å². The van der Waals surface area contributed by atoms with E-state index in [1.807, 2.05) is 52.0 Å². The van der Waals surface area contributed by atoms with Crippen LogP contribution in [0.3, 0.4) is 0 Å². The predicted molar refractivity (Wildman–Crippen MR) is 66.9 cm³/mol. The lowest BCUT2D eigenvalue weighted by Gasteiger charge is -2.22. The van der Waals surface area contributed by atoms with Gasteiger partial charge in [0.1, 0.15) is 0 Å². The van der Waals surface area contributed by atoms with E-state index in [2.05, 4.69) is 5.32 Å². The highest BCUT2D eigenvalue weighted by atomic mass is 16.2. The molecule has 0 radical (unpaired) electrons. The Hall–Kier alpha value is -1.51. The van der Waals surface area contributed by atoms with Gasteiger partial charge in [-0.3, -0.25) is 4.79 Å². The molecular weight excluding hydrogens is 200 g/mol. The summed E-state index contributed by atoms with van der Waals surface area (Å²) in [6.45, 7) is 7.67. The SMILES string of the molecule is CC(NC(=O)C(C)(C)C)c1ccc(N)cc1. The third-order valence-corrected chi connectivity index (χ3v) is 2.47. The zero-order chi connectivity index (χ0) is 12.3. The molecule has 1 atom stereocenters. The summed E-state index contributed by atoms with van der Waals surface area (Å²) in [5.41, 5.74) is 7.05. The molecule has 1 unspecified atom stereocenters. The van der Waals surface area contributed by atoms with Crippen molar-refractivity contribution < 1.29 is 4.79 Å². The molecular formula is C13H20N2O. The lowest BCUT2D eigenvalue weighted by atomic mass is 9.94. The highest BCUT2D eigenvalue weighted by Crippen LogP contribution is 2.18. The number of hydrogen-bond acceptors (Lipinski definition) is 2. The van der Waals surface area contributed by atoms with Crippen LogP contribution in [0.4, 0.5) is 5.69 Å². The molecule has 0 fully saturated rings. The van der Waals surface area contributed by atoms with Crippen LogP contribution in [0, 0.1) is 5.41 Å². The highest BCUT2D eigenvalue weighted by molar-refractivity contribution is 5.81. The molecule has 16 heavy (non-hydrogen) atoms. The molecule has 0 spiro atoms. The van der Waals surface area contributed by atoms with Gasteiger partial charge in [0.15, 0.2) is 0 Å². The largest absolute Gasteiger partial charge is 0.399 e. The van der Waals surface area contributed by atoms with Crippen molar-refractivity contribution in [2.75, 3.05) is 5.73 Å². The van der Waals surface area contributed by atoms with Gasteiger partial charge in [0.25, 0.3) is 0 Å². The highest BCUT2D eigenvalue weighted by Gasteiger charge is 2.22. The number of hydrogen-bond donors (Lipinski definition) is 2. The number of nitrogen functional groups attached to an aromatic ring is 1. The van der Waals surface area contributed by atoms with Crippen LogP contribution < -0.4 is 11.1 Å². The number of amides is 1. The van der Waals surface area contributed by atoms with Crippen LogP contribution in [0.1, 0.15) is 39.3 Å². The van der Waals surface area contributed by atoms with E-state index in [-0.39, 0.29) is 17.4 Å². The molecule has 3 heteroatoms. The lowest BCUT2D eigenvalue weighted by Crippen LogP contribution is -2.36. The first-order valence-corrected chi connectivity index (χ1v) is 5.47. The van der Waals surface area contributed by atoms with Crippen molar-refractivity contribution in [3.05, 3.63) is 29.8 Å². The number of nitrogens with two attached hydrogens (primary N) is 1. The first kappa shape index (κ1) is 12.6. The number of anilines is 1. The molecule has 0 bridgehead atoms. The maximum absolute atomic E-state index is 11.8. The summed E-state index contributed by atoms with van der Waals surface area (Å²) >= 11 is 0. The first-order valence-electron chi connectivity index (χ1n) is 5.47. The van der Waals surface area contributed by atoms with Gasteiger partial charge in [-0.15, -0.1) is 0 Å². The molecule has 1 amide bonds. The predicted octanol–water partition coefficient (Wildman–Crippen LogP) is 2.49. The zero-order valence-corrected chi connectivity index (χ0v) is 10.4. The fourth-order valence-corrected chi connectivity index (χ4v) is 1.28. The van der Waals surface area contributed by atoms with E-state index in [4.69, 9.17) is 5.73 Å². The van der Waals surface area contributed by atoms with E-state index >= 15 is 0 Å². The normalized spacial score (nSPS) is 13.2. The Bertz CT molecular complexity index is 363. The summed E-state index contributed by atoms with van der Waals surface area (Å²) in [5.74, 6) is 0.0526. The third-order valence-electron chi connectivity index (χ3n) is 2.47. The molecule has 0 heterocycles. The van der Waals surface area contributed by atoms with Crippen LogP contribution in [0.5, 0.6) is 0 Å². The van der Waals surface area contributed by atoms with Crippen LogP contribution in [-0.2, 0) is 4.79 Å². The molecule has 0 saturated carbocycles. The van der Waals surface area contributed by atoms with E-state index in [1.54, 1.807) is 0 Å². The number of carbonyl (C=O) groups is 1. The number of rotatable bonds is 2. The topological polar surface area (TPSA) is 55.1 Å². The summed E-state index contributed by atoms with van der Waals surface area (Å²) in [7, 11) is 0. The van der Waals surface area contributed by atoms with E-state index in [9.17, 15) is 4.79 Å². The molecule has 1 rings (SSSR count).